The minimum absolute atomic E-state index is 0.0571. The quantitative estimate of drug-likeness (QED) is 0.254. The summed E-state index contributed by atoms with van der Waals surface area (Å²) in [5.74, 6) is -1.81. The lowest BCUT2D eigenvalue weighted by Crippen LogP contribution is -2.57. The zero-order chi connectivity index (χ0) is 35.3. The Kier molecular flexibility index (Phi) is 13.3. The molecule has 260 valence electrons. The van der Waals surface area contributed by atoms with E-state index in [0.717, 1.165) is 11.1 Å². The van der Waals surface area contributed by atoms with E-state index in [1.807, 2.05) is 44.2 Å². The summed E-state index contributed by atoms with van der Waals surface area (Å²) in [6.07, 6.45) is 1.84. The van der Waals surface area contributed by atoms with Crippen LogP contribution in [0, 0.1) is 5.92 Å². The first-order chi connectivity index (χ1) is 23.5. The number of nitrogens with zero attached hydrogens (tertiary/aromatic N) is 1. The summed E-state index contributed by atoms with van der Waals surface area (Å²) in [7, 11) is 0. The Bertz CT molecular complexity index is 1590. The van der Waals surface area contributed by atoms with Crippen molar-refractivity contribution in [3.8, 4) is 5.75 Å². The Balaban J connectivity index is 1.60. The molecule has 3 aromatic carbocycles. The van der Waals surface area contributed by atoms with Crippen LogP contribution >= 0.6 is 0 Å². The number of rotatable bonds is 6. The van der Waals surface area contributed by atoms with E-state index in [1.54, 1.807) is 60.4 Å². The van der Waals surface area contributed by atoms with E-state index < -0.39 is 35.8 Å². The van der Waals surface area contributed by atoms with Crippen LogP contribution in [-0.2, 0) is 38.6 Å². The van der Waals surface area contributed by atoms with E-state index >= 15 is 0 Å². The summed E-state index contributed by atoms with van der Waals surface area (Å²) in [6, 6.07) is 20.0. The van der Waals surface area contributed by atoms with Gasteiger partial charge in [0.05, 0.1) is 6.42 Å². The average Bonchev–Trinajstić information content (AvgIpc) is 3.06. The molecule has 0 aliphatic carbocycles. The van der Waals surface area contributed by atoms with Gasteiger partial charge >= 0.3 is 0 Å². The summed E-state index contributed by atoms with van der Waals surface area (Å²) in [5, 5.41) is 21.2. The van der Waals surface area contributed by atoms with Gasteiger partial charge in [-0.2, -0.15) is 0 Å². The number of aromatic hydroxyl groups is 1. The molecule has 0 saturated heterocycles. The molecule has 49 heavy (non-hydrogen) atoms. The lowest BCUT2D eigenvalue weighted by Gasteiger charge is -2.25. The van der Waals surface area contributed by atoms with Crippen LogP contribution in [0.25, 0.3) is 0 Å². The van der Waals surface area contributed by atoms with Gasteiger partial charge in [0.2, 0.25) is 23.6 Å². The summed E-state index contributed by atoms with van der Waals surface area (Å²) < 4.78 is 0. The van der Waals surface area contributed by atoms with Gasteiger partial charge in [-0.05, 0) is 73.1 Å². The van der Waals surface area contributed by atoms with Gasteiger partial charge in [0.25, 0.3) is 5.91 Å². The first-order valence-corrected chi connectivity index (χ1v) is 16.9. The molecule has 5 rings (SSSR count). The minimum Gasteiger partial charge on any atom is -0.508 e. The second-order valence-electron chi connectivity index (χ2n) is 13.0. The zero-order valence-corrected chi connectivity index (χ0v) is 28.4. The molecule has 0 radical (unpaired) electrons. The van der Waals surface area contributed by atoms with E-state index in [1.165, 1.54) is 0 Å². The number of phenols is 1. The van der Waals surface area contributed by atoms with E-state index in [9.17, 15) is 29.1 Å². The number of carbonyl (C=O) groups is 5. The van der Waals surface area contributed by atoms with Crippen molar-refractivity contribution in [1.29, 1.82) is 0 Å². The fourth-order valence-corrected chi connectivity index (χ4v) is 5.67. The highest BCUT2D eigenvalue weighted by Gasteiger charge is 2.29. The topological polar surface area (TPSA) is 157 Å². The van der Waals surface area contributed by atoms with Gasteiger partial charge in [-0.25, -0.2) is 0 Å². The fourth-order valence-electron chi connectivity index (χ4n) is 5.67. The molecule has 3 atom stereocenters. The molecule has 0 aromatic heterocycles. The molecule has 11 heteroatoms. The van der Waals surface area contributed by atoms with Crippen molar-refractivity contribution < 1.29 is 29.1 Å². The molecule has 2 aliphatic heterocycles. The molecule has 2 heterocycles. The van der Waals surface area contributed by atoms with Crippen molar-refractivity contribution in [2.24, 2.45) is 5.92 Å². The maximum atomic E-state index is 13.7. The van der Waals surface area contributed by atoms with Crippen LogP contribution in [0.4, 0.5) is 0 Å². The van der Waals surface area contributed by atoms with Crippen molar-refractivity contribution in [2.75, 3.05) is 13.1 Å². The van der Waals surface area contributed by atoms with E-state index in [2.05, 4.69) is 21.3 Å². The number of fused-ring (bicyclic) bond motifs is 18. The van der Waals surface area contributed by atoms with Crippen molar-refractivity contribution in [2.45, 2.75) is 77.5 Å². The number of hydrogen-bond donors (Lipinski definition) is 5. The van der Waals surface area contributed by atoms with Crippen molar-refractivity contribution >= 4 is 29.5 Å². The third-order valence-corrected chi connectivity index (χ3v) is 8.36. The summed E-state index contributed by atoms with van der Waals surface area (Å²) in [4.78, 5) is 68.6. The molecule has 5 amide bonds. The summed E-state index contributed by atoms with van der Waals surface area (Å²) in [5.41, 5.74) is 2.67. The largest absolute Gasteiger partial charge is 0.508 e. The van der Waals surface area contributed by atoms with Crippen molar-refractivity contribution in [3.05, 3.63) is 101 Å². The second-order valence-corrected chi connectivity index (χ2v) is 13.0. The molecule has 0 fully saturated rings. The maximum Gasteiger partial charge on any atom is 0.251 e. The Labute approximate surface area is 287 Å². The Hall–Kier alpha value is -5.19. The SMILES string of the molecule is CC(C)C[C@@H]1NC(=O)[C@@H](Cc2ccccc2)NC(=O)c2ccc(cc2)CN(C(=O)Cc2cccc(O)c2)CCCCNC(=O)[C@@H](C)NC1=O. The highest BCUT2D eigenvalue weighted by atomic mass is 16.3. The summed E-state index contributed by atoms with van der Waals surface area (Å²) in [6.45, 7) is 6.52. The lowest BCUT2D eigenvalue weighted by molar-refractivity contribution is -0.132. The smallest absolute Gasteiger partial charge is 0.251 e. The van der Waals surface area contributed by atoms with Gasteiger partial charge in [-0.3, -0.25) is 24.0 Å². The first-order valence-electron chi connectivity index (χ1n) is 16.9. The number of carbonyl (C=O) groups excluding carboxylic acids is 5. The molecule has 3 aromatic rings. The fraction of sp³-hybridized carbons (Fsp3) is 0.395. The third-order valence-electron chi connectivity index (χ3n) is 8.36. The number of amides is 5. The van der Waals surface area contributed by atoms with Gasteiger partial charge in [0.1, 0.15) is 23.9 Å². The minimum atomic E-state index is -0.989. The highest BCUT2D eigenvalue weighted by Crippen LogP contribution is 2.16. The van der Waals surface area contributed by atoms with Crippen LogP contribution in [0.5, 0.6) is 5.75 Å². The van der Waals surface area contributed by atoms with Crippen molar-refractivity contribution in [3.63, 3.8) is 0 Å². The number of phenolic OH excluding ortho intramolecular Hbond substituents is 1. The number of hydrogen-bond acceptors (Lipinski definition) is 6. The number of nitrogens with one attached hydrogen (secondary N) is 4. The van der Waals surface area contributed by atoms with Gasteiger partial charge in [-0.15, -0.1) is 0 Å². The van der Waals surface area contributed by atoms with Crippen LogP contribution < -0.4 is 21.3 Å². The maximum absolute atomic E-state index is 13.7. The monoisotopic (exact) mass is 669 g/mol. The molecule has 0 unspecified atom stereocenters. The molecular weight excluding hydrogens is 622 g/mol. The van der Waals surface area contributed by atoms with Crippen LogP contribution in [0.2, 0.25) is 0 Å². The predicted molar refractivity (Wildman–Crippen MR) is 186 cm³/mol. The second kappa shape index (κ2) is 17.8. The Morgan fingerprint density at radius 1 is 0.816 bits per heavy atom. The molecule has 0 spiro atoms. The van der Waals surface area contributed by atoms with Gasteiger partial charge in [-0.1, -0.05) is 68.4 Å². The summed E-state index contributed by atoms with van der Waals surface area (Å²) >= 11 is 0. The van der Waals surface area contributed by atoms with Crippen molar-refractivity contribution in [1.82, 2.24) is 26.2 Å². The van der Waals surface area contributed by atoms with Gasteiger partial charge in [0.15, 0.2) is 0 Å². The lowest BCUT2D eigenvalue weighted by atomic mass is 10.0. The van der Waals surface area contributed by atoms with Crippen LogP contribution in [-0.4, -0.2) is 70.8 Å². The van der Waals surface area contributed by atoms with Crippen LogP contribution in [0.1, 0.15) is 67.1 Å². The van der Waals surface area contributed by atoms with Crippen LogP contribution in [0.15, 0.2) is 78.9 Å². The molecule has 0 saturated carbocycles. The number of benzene rings is 3. The van der Waals surface area contributed by atoms with Gasteiger partial charge in [0, 0.05) is 31.6 Å². The molecule has 5 N–H and O–H groups in total. The average molecular weight is 670 g/mol. The molecule has 2 aliphatic rings. The Morgan fingerprint density at radius 3 is 2.20 bits per heavy atom. The zero-order valence-electron chi connectivity index (χ0n) is 28.4. The molecule has 11 nitrogen and oxygen atoms in total. The third kappa shape index (κ3) is 11.5. The molecule has 2 bridgehead atoms. The Morgan fingerprint density at radius 2 is 1.51 bits per heavy atom. The predicted octanol–water partition coefficient (Wildman–Crippen LogP) is 3.25. The normalized spacial score (nSPS) is 20.1. The van der Waals surface area contributed by atoms with Gasteiger partial charge < -0.3 is 31.3 Å². The standard InChI is InChI=1S/C38H47N5O6/c1-25(2)20-32-37(48)40-26(3)35(46)39-18-7-8-19-43(34(45)23-29-12-9-13-31(44)21-29)24-28-14-16-30(17-15-28)36(47)41-33(38(49)42-32)22-27-10-5-4-6-11-27/h4-6,9-17,21,25-26,32-33,44H,7-8,18-20,22-24H2,1-3H3,(H,39,46)(H,40,48)(H,41,47)(H,42,49)/t26-,32+,33-/m1/s1. The van der Waals surface area contributed by atoms with E-state index in [4.69, 9.17) is 0 Å². The molecular formula is C38H47N5O6. The van der Waals surface area contributed by atoms with Crippen LogP contribution in [0.3, 0.4) is 0 Å². The van der Waals surface area contributed by atoms with E-state index in [-0.39, 0.29) is 36.3 Å². The first kappa shape index (κ1) is 36.6. The van der Waals surface area contributed by atoms with E-state index in [0.29, 0.717) is 50.0 Å². The highest BCUT2D eigenvalue weighted by molar-refractivity contribution is 5.99.